The number of likely N-dealkylation sites (N-methyl/N-ethyl adjacent to an activating group) is 1. The highest BCUT2D eigenvalue weighted by atomic mass is 16.2. The minimum Gasteiger partial charge on any atom is -0.343 e. The van der Waals surface area contributed by atoms with Crippen molar-refractivity contribution in [1.29, 1.82) is 5.26 Å². The molecule has 0 spiro atoms. The van der Waals surface area contributed by atoms with Crippen LogP contribution in [0.2, 0.25) is 0 Å². The first-order valence-corrected chi connectivity index (χ1v) is 6.54. The monoisotopic (exact) mass is 251 g/mol. The lowest BCUT2D eigenvalue weighted by atomic mass is 10.1. The number of carbonyl (C=O) groups is 2. The smallest absolute Gasteiger partial charge is 0.241 e. The first-order chi connectivity index (χ1) is 8.65. The highest BCUT2D eigenvalue weighted by Crippen LogP contribution is 2.11. The number of hydrogen-bond acceptors (Lipinski definition) is 3. The van der Waals surface area contributed by atoms with Crippen molar-refractivity contribution in [1.82, 2.24) is 9.80 Å². The zero-order chi connectivity index (χ0) is 13.4. The molecule has 0 aliphatic carbocycles. The van der Waals surface area contributed by atoms with E-state index < -0.39 is 0 Å². The fraction of sp³-hybridized carbons (Fsp3) is 0.769. The molecule has 0 N–H and O–H groups in total. The average molecular weight is 251 g/mol. The van der Waals surface area contributed by atoms with Crippen molar-refractivity contribution in [2.45, 2.75) is 38.5 Å². The van der Waals surface area contributed by atoms with Gasteiger partial charge in [-0.2, -0.15) is 5.26 Å². The number of amides is 2. The molecular formula is C13H21N3O2. The van der Waals surface area contributed by atoms with Gasteiger partial charge < -0.3 is 9.80 Å². The lowest BCUT2D eigenvalue weighted by Gasteiger charge is -2.26. The van der Waals surface area contributed by atoms with E-state index in [0.717, 1.165) is 25.7 Å². The van der Waals surface area contributed by atoms with Crippen LogP contribution in [0.5, 0.6) is 0 Å². The predicted octanol–water partition coefficient (Wildman–Crippen LogP) is 1.15. The number of nitriles is 1. The minimum absolute atomic E-state index is 0.0803. The highest BCUT2D eigenvalue weighted by Gasteiger charge is 2.19. The van der Waals surface area contributed by atoms with Crippen molar-refractivity contribution in [3.05, 3.63) is 0 Å². The third-order valence-corrected chi connectivity index (χ3v) is 3.23. The molecular weight excluding hydrogens is 230 g/mol. The van der Waals surface area contributed by atoms with Crippen LogP contribution in [0.15, 0.2) is 0 Å². The van der Waals surface area contributed by atoms with E-state index in [4.69, 9.17) is 5.26 Å². The zero-order valence-electron chi connectivity index (χ0n) is 11.0. The maximum atomic E-state index is 11.9. The van der Waals surface area contributed by atoms with E-state index in [1.165, 1.54) is 4.90 Å². The molecule has 1 heterocycles. The molecule has 0 radical (unpaired) electrons. The molecule has 0 unspecified atom stereocenters. The maximum Gasteiger partial charge on any atom is 0.241 e. The Kier molecular flexibility index (Phi) is 6.20. The molecule has 1 saturated heterocycles. The van der Waals surface area contributed by atoms with Gasteiger partial charge in [-0.05, 0) is 12.8 Å². The maximum absolute atomic E-state index is 11.9. The summed E-state index contributed by atoms with van der Waals surface area (Å²) in [6.07, 6.45) is 5.01. The first-order valence-electron chi connectivity index (χ1n) is 6.54. The Morgan fingerprint density at radius 3 is 2.83 bits per heavy atom. The average Bonchev–Trinajstić information content (AvgIpc) is 2.35. The van der Waals surface area contributed by atoms with Crippen molar-refractivity contribution in [3.8, 4) is 6.07 Å². The lowest BCUT2D eigenvalue weighted by molar-refractivity contribution is -0.140. The lowest BCUT2D eigenvalue weighted by Crippen LogP contribution is -2.42. The summed E-state index contributed by atoms with van der Waals surface area (Å²) in [6.45, 7) is 1.26. The van der Waals surface area contributed by atoms with Crippen LogP contribution in [0.3, 0.4) is 0 Å². The van der Waals surface area contributed by atoms with Crippen LogP contribution in [0.4, 0.5) is 0 Å². The van der Waals surface area contributed by atoms with Crippen LogP contribution in [-0.2, 0) is 9.59 Å². The first kappa shape index (κ1) is 14.5. The zero-order valence-corrected chi connectivity index (χ0v) is 11.0. The predicted molar refractivity (Wildman–Crippen MR) is 67.5 cm³/mol. The van der Waals surface area contributed by atoms with Gasteiger partial charge in [-0.1, -0.05) is 12.8 Å². The van der Waals surface area contributed by atoms with E-state index in [1.807, 2.05) is 6.07 Å². The molecule has 0 atom stereocenters. The minimum atomic E-state index is -0.0841. The SMILES string of the molecule is CN(CCC#N)C(=O)CN1CCCCCCC1=O. The highest BCUT2D eigenvalue weighted by molar-refractivity contribution is 5.84. The van der Waals surface area contributed by atoms with Crippen LogP contribution >= 0.6 is 0 Å². The largest absolute Gasteiger partial charge is 0.343 e. The number of hydrogen-bond donors (Lipinski definition) is 0. The molecule has 0 aromatic carbocycles. The van der Waals surface area contributed by atoms with Crippen LogP contribution in [-0.4, -0.2) is 48.3 Å². The Bertz CT molecular complexity index is 336. The fourth-order valence-corrected chi connectivity index (χ4v) is 2.01. The Morgan fingerprint density at radius 1 is 1.39 bits per heavy atom. The van der Waals surface area contributed by atoms with Gasteiger partial charge in [-0.15, -0.1) is 0 Å². The van der Waals surface area contributed by atoms with E-state index in [2.05, 4.69) is 0 Å². The van der Waals surface area contributed by atoms with Gasteiger partial charge in [0.15, 0.2) is 0 Å². The quantitative estimate of drug-likeness (QED) is 0.753. The van der Waals surface area contributed by atoms with E-state index in [1.54, 1.807) is 11.9 Å². The third-order valence-electron chi connectivity index (χ3n) is 3.23. The Balaban J connectivity index is 2.45. The Hall–Kier alpha value is -1.57. The summed E-state index contributed by atoms with van der Waals surface area (Å²) in [5, 5.41) is 8.48. The fourth-order valence-electron chi connectivity index (χ4n) is 2.01. The molecule has 18 heavy (non-hydrogen) atoms. The summed E-state index contributed by atoms with van der Waals surface area (Å²) in [6, 6.07) is 2.01. The Morgan fingerprint density at radius 2 is 2.11 bits per heavy atom. The summed E-state index contributed by atoms with van der Waals surface area (Å²) >= 11 is 0. The molecule has 1 aliphatic rings. The van der Waals surface area contributed by atoms with E-state index in [-0.39, 0.29) is 18.4 Å². The molecule has 100 valence electrons. The normalized spacial score (nSPS) is 16.7. The number of rotatable bonds is 4. The summed E-state index contributed by atoms with van der Waals surface area (Å²) in [7, 11) is 1.67. The number of likely N-dealkylation sites (tertiary alicyclic amines) is 1. The standard InChI is InChI=1S/C13H21N3O2/c1-15(9-6-8-14)13(18)11-16-10-5-3-2-4-7-12(16)17/h2-7,9-11H2,1H3. The van der Waals surface area contributed by atoms with E-state index in [9.17, 15) is 9.59 Å². The van der Waals surface area contributed by atoms with Crippen molar-refractivity contribution >= 4 is 11.8 Å². The van der Waals surface area contributed by atoms with Crippen LogP contribution < -0.4 is 0 Å². The van der Waals surface area contributed by atoms with Gasteiger partial charge in [0, 0.05) is 26.6 Å². The number of carbonyl (C=O) groups excluding carboxylic acids is 2. The molecule has 0 saturated carbocycles. The van der Waals surface area contributed by atoms with E-state index in [0.29, 0.717) is 25.9 Å². The van der Waals surface area contributed by atoms with Gasteiger partial charge in [0.25, 0.3) is 0 Å². The van der Waals surface area contributed by atoms with Crippen LogP contribution in [0.1, 0.15) is 38.5 Å². The van der Waals surface area contributed by atoms with Gasteiger partial charge in [-0.3, -0.25) is 9.59 Å². The van der Waals surface area contributed by atoms with Gasteiger partial charge in [0.2, 0.25) is 11.8 Å². The van der Waals surface area contributed by atoms with Crippen molar-refractivity contribution in [2.75, 3.05) is 26.7 Å². The second-order valence-electron chi connectivity index (χ2n) is 4.70. The van der Waals surface area contributed by atoms with Gasteiger partial charge in [-0.25, -0.2) is 0 Å². The third kappa shape index (κ3) is 4.74. The summed E-state index contributed by atoms with van der Waals surface area (Å²) < 4.78 is 0. The molecule has 0 bridgehead atoms. The molecule has 0 aromatic heterocycles. The molecule has 1 aliphatic heterocycles. The van der Waals surface area contributed by atoms with Crippen LogP contribution in [0.25, 0.3) is 0 Å². The van der Waals surface area contributed by atoms with E-state index >= 15 is 0 Å². The number of nitrogens with zero attached hydrogens (tertiary/aromatic N) is 3. The summed E-state index contributed by atoms with van der Waals surface area (Å²) in [5.41, 5.74) is 0. The summed E-state index contributed by atoms with van der Waals surface area (Å²) in [4.78, 5) is 26.9. The Labute approximate surface area is 108 Å². The molecule has 0 aromatic rings. The summed E-state index contributed by atoms with van der Waals surface area (Å²) in [5.74, 6) is -0.00379. The molecule has 1 rings (SSSR count). The second-order valence-corrected chi connectivity index (χ2v) is 4.70. The van der Waals surface area contributed by atoms with Gasteiger partial charge >= 0.3 is 0 Å². The van der Waals surface area contributed by atoms with Crippen molar-refractivity contribution in [2.24, 2.45) is 0 Å². The molecule has 1 fully saturated rings. The molecule has 2 amide bonds. The van der Waals surface area contributed by atoms with Gasteiger partial charge in [0.05, 0.1) is 19.0 Å². The van der Waals surface area contributed by atoms with Gasteiger partial charge in [0.1, 0.15) is 0 Å². The topological polar surface area (TPSA) is 64.4 Å². The second kappa shape index (κ2) is 7.70. The molecule has 5 nitrogen and oxygen atoms in total. The van der Waals surface area contributed by atoms with Crippen molar-refractivity contribution in [3.63, 3.8) is 0 Å². The molecule has 5 heteroatoms. The van der Waals surface area contributed by atoms with Crippen LogP contribution in [0, 0.1) is 11.3 Å². The van der Waals surface area contributed by atoms with Crippen molar-refractivity contribution < 1.29 is 9.59 Å².